The number of carbonyl (C=O) groups is 1. The number of nitrogens with one attached hydrogen (secondary N) is 1. The van der Waals surface area contributed by atoms with Crippen LogP contribution >= 0.6 is 0 Å². The van der Waals surface area contributed by atoms with Gasteiger partial charge in [0.2, 0.25) is 0 Å². The van der Waals surface area contributed by atoms with Crippen molar-refractivity contribution in [2.45, 2.75) is 19.4 Å². The van der Waals surface area contributed by atoms with Crippen molar-refractivity contribution in [2.24, 2.45) is 0 Å². The predicted molar refractivity (Wildman–Crippen MR) is 56.1 cm³/mol. The number of aromatic nitrogens is 1. The van der Waals surface area contributed by atoms with E-state index in [0.29, 0.717) is 5.56 Å². The minimum absolute atomic E-state index is 0.183. The lowest BCUT2D eigenvalue weighted by Gasteiger charge is -2.16. The Bertz CT molecular complexity index is 476. The number of hydrogen-bond acceptors (Lipinski definition) is 4. The summed E-state index contributed by atoms with van der Waals surface area (Å²) in [6.07, 6.45) is 1.31. The molecular weight excluding hydrogens is 204 g/mol. The Hall–Kier alpha value is -2.40. The Morgan fingerprint density at radius 2 is 2.12 bits per heavy atom. The van der Waals surface area contributed by atoms with Crippen molar-refractivity contribution >= 4 is 5.91 Å². The van der Waals surface area contributed by atoms with E-state index in [0.717, 1.165) is 0 Å². The molecule has 16 heavy (non-hydrogen) atoms. The second kappa shape index (κ2) is 4.41. The Morgan fingerprint density at radius 3 is 2.56 bits per heavy atom. The fourth-order valence-electron chi connectivity index (χ4n) is 0.970. The quantitative estimate of drug-likeness (QED) is 0.794. The Labute approximate surface area is 93.3 Å². The summed E-state index contributed by atoms with van der Waals surface area (Å²) in [5.41, 5.74) is -0.370. The van der Waals surface area contributed by atoms with Crippen LogP contribution in [0, 0.1) is 22.7 Å². The first-order chi connectivity index (χ1) is 7.48. The van der Waals surface area contributed by atoms with Gasteiger partial charge in [0.1, 0.15) is 17.3 Å². The average Bonchev–Trinajstić information content (AvgIpc) is 2.28. The van der Waals surface area contributed by atoms with E-state index in [1.165, 1.54) is 18.3 Å². The third kappa shape index (κ3) is 2.79. The van der Waals surface area contributed by atoms with E-state index in [9.17, 15) is 4.79 Å². The van der Waals surface area contributed by atoms with Crippen LogP contribution in [0.2, 0.25) is 0 Å². The lowest BCUT2D eigenvalue weighted by atomic mass is 10.1. The number of rotatable bonds is 2. The molecule has 0 atom stereocenters. The summed E-state index contributed by atoms with van der Waals surface area (Å²) >= 11 is 0. The maximum absolute atomic E-state index is 11.6. The van der Waals surface area contributed by atoms with Gasteiger partial charge in [-0.25, -0.2) is 4.98 Å². The fraction of sp³-hybridized carbons (Fsp3) is 0.273. The molecule has 0 saturated carbocycles. The molecule has 5 nitrogen and oxygen atoms in total. The van der Waals surface area contributed by atoms with E-state index in [1.807, 2.05) is 12.1 Å². The molecule has 0 fully saturated rings. The van der Waals surface area contributed by atoms with E-state index in [1.54, 1.807) is 13.8 Å². The zero-order chi connectivity index (χ0) is 12.2. The highest BCUT2D eigenvalue weighted by Gasteiger charge is 2.20. The SMILES string of the molecule is CC(C)(C#N)NC(=O)c1ccc(C#N)cn1. The van der Waals surface area contributed by atoms with Gasteiger partial charge < -0.3 is 5.32 Å². The van der Waals surface area contributed by atoms with Crippen molar-refractivity contribution < 1.29 is 4.79 Å². The fourth-order valence-corrected chi connectivity index (χ4v) is 0.970. The molecule has 0 aliphatic carbocycles. The van der Waals surface area contributed by atoms with Gasteiger partial charge in [0.05, 0.1) is 11.6 Å². The van der Waals surface area contributed by atoms with Crippen LogP contribution in [-0.2, 0) is 0 Å². The summed E-state index contributed by atoms with van der Waals surface area (Å²) in [7, 11) is 0. The van der Waals surface area contributed by atoms with Crippen LogP contribution in [0.3, 0.4) is 0 Å². The third-order valence-corrected chi connectivity index (χ3v) is 1.83. The maximum Gasteiger partial charge on any atom is 0.271 e. The normalized spacial score (nSPS) is 10.0. The Balaban J connectivity index is 2.83. The van der Waals surface area contributed by atoms with Crippen LogP contribution in [0.25, 0.3) is 0 Å². The molecule has 0 aliphatic rings. The number of carbonyl (C=O) groups excluding carboxylic acids is 1. The summed E-state index contributed by atoms with van der Waals surface area (Å²) in [5, 5.41) is 19.8. The lowest BCUT2D eigenvalue weighted by molar-refractivity contribution is 0.0924. The molecule has 1 amide bonds. The van der Waals surface area contributed by atoms with Crippen molar-refractivity contribution in [2.75, 3.05) is 0 Å². The van der Waals surface area contributed by atoms with Crippen LogP contribution in [0.5, 0.6) is 0 Å². The molecule has 0 saturated heterocycles. The van der Waals surface area contributed by atoms with Crippen LogP contribution in [0.1, 0.15) is 29.9 Å². The van der Waals surface area contributed by atoms with Gasteiger partial charge in [-0.05, 0) is 26.0 Å². The summed E-state index contributed by atoms with van der Waals surface area (Å²) < 4.78 is 0. The predicted octanol–water partition coefficient (Wildman–Crippen LogP) is 0.985. The molecule has 0 spiro atoms. The van der Waals surface area contributed by atoms with Gasteiger partial charge in [-0.15, -0.1) is 0 Å². The second-order valence-electron chi connectivity index (χ2n) is 3.73. The summed E-state index contributed by atoms with van der Waals surface area (Å²) in [6, 6.07) is 6.81. The van der Waals surface area contributed by atoms with E-state index in [-0.39, 0.29) is 5.69 Å². The first-order valence-electron chi connectivity index (χ1n) is 4.58. The van der Waals surface area contributed by atoms with Gasteiger partial charge in [0.25, 0.3) is 5.91 Å². The Morgan fingerprint density at radius 1 is 1.44 bits per heavy atom. The molecule has 0 bridgehead atoms. The molecule has 0 radical (unpaired) electrons. The van der Waals surface area contributed by atoms with Crippen molar-refractivity contribution in [3.05, 3.63) is 29.6 Å². The number of pyridine rings is 1. The van der Waals surface area contributed by atoms with Crippen molar-refractivity contribution in [1.29, 1.82) is 10.5 Å². The molecule has 1 aromatic rings. The average molecular weight is 214 g/mol. The molecule has 1 heterocycles. The van der Waals surface area contributed by atoms with Crippen LogP contribution in [-0.4, -0.2) is 16.4 Å². The zero-order valence-electron chi connectivity index (χ0n) is 8.98. The Kier molecular flexibility index (Phi) is 3.22. The maximum atomic E-state index is 11.6. The molecule has 1 aromatic heterocycles. The van der Waals surface area contributed by atoms with Crippen LogP contribution < -0.4 is 5.32 Å². The largest absolute Gasteiger partial charge is 0.333 e. The molecule has 80 valence electrons. The van der Waals surface area contributed by atoms with Gasteiger partial charge in [0.15, 0.2) is 0 Å². The van der Waals surface area contributed by atoms with Gasteiger partial charge >= 0.3 is 0 Å². The first-order valence-corrected chi connectivity index (χ1v) is 4.58. The van der Waals surface area contributed by atoms with E-state index >= 15 is 0 Å². The highest BCUT2D eigenvalue weighted by molar-refractivity contribution is 5.93. The van der Waals surface area contributed by atoms with Gasteiger partial charge in [-0.1, -0.05) is 0 Å². The zero-order valence-corrected chi connectivity index (χ0v) is 8.98. The van der Waals surface area contributed by atoms with Gasteiger partial charge in [0, 0.05) is 6.20 Å². The minimum Gasteiger partial charge on any atom is -0.333 e. The van der Waals surface area contributed by atoms with Gasteiger partial charge in [-0.3, -0.25) is 4.79 Å². The van der Waals surface area contributed by atoms with E-state index in [4.69, 9.17) is 10.5 Å². The van der Waals surface area contributed by atoms with E-state index < -0.39 is 11.4 Å². The van der Waals surface area contributed by atoms with Crippen LogP contribution in [0.15, 0.2) is 18.3 Å². The number of hydrogen-bond donors (Lipinski definition) is 1. The number of amides is 1. The topological polar surface area (TPSA) is 89.6 Å². The third-order valence-electron chi connectivity index (χ3n) is 1.83. The standard InChI is InChI=1S/C11H10N4O/c1-11(2,7-13)15-10(16)9-4-3-8(5-12)6-14-9/h3-4,6H,1-2H3,(H,15,16). The smallest absolute Gasteiger partial charge is 0.271 e. The number of nitriles is 2. The molecule has 5 heteroatoms. The lowest BCUT2D eigenvalue weighted by Crippen LogP contribution is -2.42. The van der Waals surface area contributed by atoms with Crippen molar-refractivity contribution in [3.63, 3.8) is 0 Å². The molecule has 0 unspecified atom stereocenters. The molecule has 0 aliphatic heterocycles. The summed E-state index contributed by atoms with van der Waals surface area (Å²) in [6.45, 7) is 3.18. The first kappa shape index (κ1) is 11.7. The highest BCUT2D eigenvalue weighted by atomic mass is 16.2. The second-order valence-corrected chi connectivity index (χ2v) is 3.73. The molecular formula is C11H10N4O. The minimum atomic E-state index is -0.938. The summed E-state index contributed by atoms with van der Waals surface area (Å²) in [4.78, 5) is 15.4. The molecule has 1 rings (SSSR count). The van der Waals surface area contributed by atoms with Crippen molar-refractivity contribution in [3.8, 4) is 12.1 Å². The highest BCUT2D eigenvalue weighted by Crippen LogP contribution is 2.03. The summed E-state index contributed by atoms with van der Waals surface area (Å²) in [5.74, 6) is -0.434. The van der Waals surface area contributed by atoms with Crippen LogP contribution in [0.4, 0.5) is 0 Å². The molecule has 0 aromatic carbocycles. The van der Waals surface area contributed by atoms with Gasteiger partial charge in [-0.2, -0.15) is 10.5 Å². The van der Waals surface area contributed by atoms with E-state index in [2.05, 4.69) is 10.3 Å². The molecule has 1 N–H and O–H groups in total. The van der Waals surface area contributed by atoms with Crippen molar-refractivity contribution in [1.82, 2.24) is 10.3 Å². The monoisotopic (exact) mass is 214 g/mol. The number of nitrogens with zero attached hydrogens (tertiary/aromatic N) is 3.